The number of hydrogen-bond donors (Lipinski definition) is 1. The van der Waals surface area contributed by atoms with Crippen molar-refractivity contribution in [3.05, 3.63) is 64.2 Å². The largest absolute Gasteiger partial charge is 0.378 e. The van der Waals surface area contributed by atoms with E-state index in [2.05, 4.69) is 16.3 Å². The Balaban J connectivity index is 1.77. The van der Waals surface area contributed by atoms with Crippen LogP contribution in [0.15, 0.2) is 48.0 Å². The number of morpholine rings is 1. The molecule has 6 heteroatoms. The van der Waals surface area contributed by atoms with E-state index < -0.39 is 5.91 Å². The second-order valence-corrected chi connectivity index (χ2v) is 6.71. The van der Waals surface area contributed by atoms with Crippen molar-refractivity contribution in [1.82, 2.24) is 0 Å². The summed E-state index contributed by atoms with van der Waals surface area (Å²) in [5, 5.41) is 12.7. The molecule has 2 aromatic rings. The molecule has 1 saturated heterocycles. The predicted octanol–water partition coefficient (Wildman–Crippen LogP) is 4.03. The Bertz CT molecular complexity index is 895. The summed E-state index contributed by atoms with van der Waals surface area (Å²) in [6, 6.07) is 14.8. The van der Waals surface area contributed by atoms with Crippen molar-refractivity contribution in [3.8, 4) is 6.07 Å². The van der Waals surface area contributed by atoms with Crippen molar-refractivity contribution < 1.29 is 9.53 Å². The van der Waals surface area contributed by atoms with E-state index in [0.29, 0.717) is 10.7 Å². The van der Waals surface area contributed by atoms with E-state index in [4.69, 9.17) is 16.3 Å². The number of aryl methyl sites for hydroxylation is 1. The average molecular weight is 382 g/mol. The fourth-order valence-corrected chi connectivity index (χ4v) is 3.00. The first-order chi connectivity index (χ1) is 13.1. The monoisotopic (exact) mass is 381 g/mol. The highest BCUT2D eigenvalue weighted by Gasteiger charge is 2.13. The molecule has 138 valence electrons. The highest BCUT2D eigenvalue weighted by atomic mass is 35.5. The second kappa shape index (κ2) is 8.72. The zero-order valence-electron chi connectivity index (χ0n) is 15.0. The van der Waals surface area contributed by atoms with E-state index in [1.54, 1.807) is 30.3 Å². The van der Waals surface area contributed by atoms with Gasteiger partial charge in [-0.1, -0.05) is 17.7 Å². The molecule has 5 nitrogen and oxygen atoms in total. The zero-order chi connectivity index (χ0) is 19.2. The maximum Gasteiger partial charge on any atom is 0.266 e. The number of nitrogens with zero attached hydrogens (tertiary/aromatic N) is 2. The topological polar surface area (TPSA) is 65.4 Å². The van der Waals surface area contributed by atoms with Gasteiger partial charge in [-0.2, -0.15) is 5.26 Å². The molecule has 1 heterocycles. The number of carbonyl (C=O) groups excluding carboxylic acids is 1. The Morgan fingerprint density at radius 1 is 1.22 bits per heavy atom. The Hall–Kier alpha value is -2.81. The van der Waals surface area contributed by atoms with Crippen LogP contribution in [0.5, 0.6) is 0 Å². The van der Waals surface area contributed by atoms with E-state index >= 15 is 0 Å². The van der Waals surface area contributed by atoms with E-state index in [-0.39, 0.29) is 5.57 Å². The quantitative estimate of drug-likeness (QED) is 0.641. The Kier molecular flexibility index (Phi) is 6.12. The van der Waals surface area contributed by atoms with Crippen LogP contribution in [0.1, 0.15) is 11.1 Å². The van der Waals surface area contributed by atoms with Gasteiger partial charge in [-0.25, -0.2) is 0 Å². The second-order valence-electron chi connectivity index (χ2n) is 6.27. The third kappa shape index (κ3) is 4.88. The molecule has 0 bridgehead atoms. The maximum atomic E-state index is 12.4. The zero-order valence-corrected chi connectivity index (χ0v) is 15.8. The van der Waals surface area contributed by atoms with Crippen LogP contribution in [-0.2, 0) is 9.53 Å². The molecule has 0 unspecified atom stereocenters. The van der Waals surface area contributed by atoms with Crippen LogP contribution in [0.25, 0.3) is 6.08 Å². The lowest BCUT2D eigenvalue weighted by Gasteiger charge is -2.29. The third-order valence-electron chi connectivity index (χ3n) is 4.40. The van der Waals surface area contributed by atoms with Gasteiger partial charge in [0.05, 0.1) is 13.2 Å². The number of hydrogen-bond acceptors (Lipinski definition) is 4. The molecule has 3 rings (SSSR count). The first kappa shape index (κ1) is 19.0. The molecule has 1 aliphatic heterocycles. The minimum atomic E-state index is -0.448. The first-order valence-electron chi connectivity index (χ1n) is 8.69. The summed E-state index contributed by atoms with van der Waals surface area (Å²) in [5.41, 5.74) is 3.61. The lowest BCUT2D eigenvalue weighted by atomic mass is 10.0. The molecule has 1 amide bonds. The number of benzene rings is 2. The molecule has 1 N–H and O–H groups in total. The molecular weight excluding hydrogens is 362 g/mol. The van der Waals surface area contributed by atoms with Gasteiger partial charge in [-0.15, -0.1) is 0 Å². The molecule has 1 aliphatic rings. The van der Waals surface area contributed by atoms with Gasteiger partial charge >= 0.3 is 0 Å². The lowest BCUT2D eigenvalue weighted by molar-refractivity contribution is -0.112. The standard InChI is InChI=1S/C21H20ClN3O2/c1-15-12-20(25-8-10-27-11-9-25)7-2-16(15)13-17(14-23)21(26)24-19-5-3-18(22)4-6-19/h2-7,12-13H,8-11H2,1H3,(H,24,26)/b17-13-. The summed E-state index contributed by atoms with van der Waals surface area (Å²) in [6.07, 6.45) is 1.61. The number of nitriles is 1. The van der Waals surface area contributed by atoms with Crippen molar-refractivity contribution in [2.24, 2.45) is 0 Å². The normalized spacial score (nSPS) is 14.6. The van der Waals surface area contributed by atoms with Crippen LogP contribution in [0.4, 0.5) is 11.4 Å². The molecule has 0 atom stereocenters. The van der Waals surface area contributed by atoms with Gasteiger partial charge in [0.25, 0.3) is 5.91 Å². The number of nitrogens with one attached hydrogen (secondary N) is 1. The first-order valence-corrected chi connectivity index (χ1v) is 9.06. The SMILES string of the molecule is Cc1cc(N2CCOCC2)ccc1/C=C(/C#N)C(=O)Nc1ccc(Cl)cc1. The fourth-order valence-electron chi connectivity index (χ4n) is 2.88. The Morgan fingerprint density at radius 3 is 2.56 bits per heavy atom. The van der Waals surface area contributed by atoms with Gasteiger partial charge in [0.2, 0.25) is 0 Å². The van der Waals surface area contributed by atoms with E-state index in [1.165, 1.54) is 0 Å². The van der Waals surface area contributed by atoms with Crippen LogP contribution in [0.3, 0.4) is 0 Å². The van der Waals surface area contributed by atoms with Gasteiger partial charge in [0, 0.05) is 29.5 Å². The van der Waals surface area contributed by atoms with Crippen molar-refractivity contribution in [2.75, 3.05) is 36.5 Å². The van der Waals surface area contributed by atoms with Gasteiger partial charge in [0.1, 0.15) is 11.6 Å². The molecular formula is C21H20ClN3O2. The highest BCUT2D eigenvalue weighted by Crippen LogP contribution is 2.22. The van der Waals surface area contributed by atoms with Crippen molar-refractivity contribution in [1.29, 1.82) is 5.26 Å². The molecule has 0 saturated carbocycles. The van der Waals surface area contributed by atoms with Gasteiger partial charge in [-0.05, 0) is 60.5 Å². The van der Waals surface area contributed by atoms with Crippen LogP contribution in [0.2, 0.25) is 5.02 Å². The van der Waals surface area contributed by atoms with Crippen LogP contribution < -0.4 is 10.2 Å². The molecule has 0 spiro atoms. The smallest absolute Gasteiger partial charge is 0.266 e. The number of anilines is 2. The van der Waals surface area contributed by atoms with Crippen molar-refractivity contribution in [3.63, 3.8) is 0 Å². The molecule has 1 fully saturated rings. The highest BCUT2D eigenvalue weighted by molar-refractivity contribution is 6.30. The van der Waals surface area contributed by atoms with Gasteiger partial charge in [-0.3, -0.25) is 4.79 Å². The molecule has 0 radical (unpaired) electrons. The minimum absolute atomic E-state index is 0.0483. The number of carbonyl (C=O) groups is 1. The summed E-state index contributed by atoms with van der Waals surface area (Å²) in [4.78, 5) is 14.7. The van der Waals surface area contributed by atoms with Crippen LogP contribution in [0, 0.1) is 18.3 Å². The molecule has 27 heavy (non-hydrogen) atoms. The molecule has 2 aromatic carbocycles. The lowest BCUT2D eigenvalue weighted by Crippen LogP contribution is -2.36. The van der Waals surface area contributed by atoms with Crippen LogP contribution in [-0.4, -0.2) is 32.2 Å². The third-order valence-corrected chi connectivity index (χ3v) is 4.65. The van der Waals surface area contributed by atoms with Gasteiger partial charge in [0.15, 0.2) is 0 Å². The van der Waals surface area contributed by atoms with Gasteiger partial charge < -0.3 is 15.0 Å². The molecule has 0 aromatic heterocycles. The van der Waals surface area contributed by atoms with E-state index in [0.717, 1.165) is 43.1 Å². The Morgan fingerprint density at radius 2 is 1.93 bits per heavy atom. The fraction of sp³-hybridized carbons (Fsp3) is 0.238. The minimum Gasteiger partial charge on any atom is -0.378 e. The summed E-state index contributed by atoms with van der Waals surface area (Å²) in [6.45, 7) is 5.15. The van der Waals surface area contributed by atoms with E-state index in [9.17, 15) is 10.1 Å². The summed E-state index contributed by atoms with van der Waals surface area (Å²) in [5.74, 6) is -0.448. The average Bonchev–Trinajstić information content (AvgIpc) is 2.69. The maximum absolute atomic E-state index is 12.4. The molecule has 0 aliphatic carbocycles. The van der Waals surface area contributed by atoms with Crippen LogP contribution >= 0.6 is 11.6 Å². The number of rotatable bonds is 4. The number of halogens is 1. The van der Waals surface area contributed by atoms with E-state index in [1.807, 2.05) is 25.1 Å². The number of amides is 1. The summed E-state index contributed by atoms with van der Waals surface area (Å²) in [7, 11) is 0. The van der Waals surface area contributed by atoms with Crippen molar-refractivity contribution in [2.45, 2.75) is 6.92 Å². The summed E-state index contributed by atoms with van der Waals surface area (Å²) >= 11 is 5.84. The summed E-state index contributed by atoms with van der Waals surface area (Å²) < 4.78 is 5.39. The van der Waals surface area contributed by atoms with Crippen molar-refractivity contribution >= 4 is 35.0 Å². The number of ether oxygens (including phenoxy) is 1. The Labute approximate surface area is 163 Å². The predicted molar refractivity (Wildman–Crippen MR) is 108 cm³/mol.